The van der Waals surface area contributed by atoms with Crippen LogP contribution in [0.4, 0.5) is 0 Å². The first-order chi connectivity index (χ1) is 9.43. The van der Waals surface area contributed by atoms with Crippen LogP contribution in [0, 0.1) is 13.8 Å². The Balaban J connectivity index is 2.35. The van der Waals surface area contributed by atoms with Crippen LogP contribution in [-0.2, 0) is 4.79 Å². The summed E-state index contributed by atoms with van der Waals surface area (Å²) in [6, 6.07) is 0.901. The Hall–Kier alpha value is -2.44. The van der Waals surface area contributed by atoms with E-state index in [9.17, 15) is 9.59 Å². The third kappa shape index (κ3) is 2.47. The molecule has 0 fully saturated rings. The number of hydrogen-bond acceptors (Lipinski definition) is 4. The second-order valence-corrected chi connectivity index (χ2v) is 4.59. The Morgan fingerprint density at radius 3 is 2.75 bits per heavy atom. The number of carbonyl (C=O) groups excluding carboxylic acids is 1. The highest BCUT2D eigenvalue weighted by Gasteiger charge is 2.21. The fourth-order valence-corrected chi connectivity index (χ4v) is 1.96. The number of carbonyl (C=O) groups is 2. The van der Waals surface area contributed by atoms with Gasteiger partial charge in [-0.05, 0) is 20.3 Å². The number of hydrogen-bond donors (Lipinski definition) is 2. The number of rotatable bonds is 4. The average Bonchev–Trinajstić information content (AvgIpc) is 2.77. The number of fused-ring (bicyclic) bond motifs is 1. The van der Waals surface area contributed by atoms with E-state index in [1.807, 2.05) is 6.92 Å². The van der Waals surface area contributed by atoms with Crippen LogP contribution in [0.15, 0.2) is 12.3 Å². The van der Waals surface area contributed by atoms with Crippen LogP contribution in [0.3, 0.4) is 0 Å². The lowest BCUT2D eigenvalue weighted by Crippen LogP contribution is -2.40. The fraction of sp³-hybridized carbons (Fsp3) is 0.385. The number of carboxylic acids is 1. The number of nitrogens with one attached hydrogen (secondary N) is 1. The molecule has 1 unspecified atom stereocenters. The summed E-state index contributed by atoms with van der Waals surface area (Å²) in [6.07, 6.45) is 1.76. The summed E-state index contributed by atoms with van der Waals surface area (Å²) in [7, 11) is 0. The third-order valence-corrected chi connectivity index (χ3v) is 3.10. The minimum absolute atomic E-state index is 0.316. The first-order valence-electron chi connectivity index (χ1n) is 6.29. The van der Waals surface area contributed by atoms with Crippen LogP contribution in [-0.4, -0.2) is 37.6 Å². The first-order valence-corrected chi connectivity index (χ1v) is 6.29. The van der Waals surface area contributed by atoms with Gasteiger partial charge in [0.1, 0.15) is 6.04 Å². The van der Waals surface area contributed by atoms with Crippen LogP contribution in [0.25, 0.3) is 5.65 Å². The van der Waals surface area contributed by atoms with Crippen molar-refractivity contribution in [3.05, 3.63) is 29.2 Å². The van der Waals surface area contributed by atoms with Gasteiger partial charge in [-0.2, -0.15) is 5.10 Å². The molecule has 2 N–H and O–H groups in total. The van der Waals surface area contributed by atoms with Gasteiger partial charge in [-0.15, -0.1) is 0 Å². The van der Waals surface area contributed by atoms with Crippen LogP contribution in [0.5, 0.6) is 0 Å². The first kappa shape index (κ1) is 14.0. The zero-order chi connectivity index (χ0) is 14.9. The molecule has 0 aromatic carbocycles. The minimum Gasteiger partial charge on any atom is -0.480 e. The SMILES string of the molecule is CCC(NC(=O)c1cnc2cc(C)nn2c1C)C(=O)O. The Morgan fingerprint density at radius 2 is 2.15 bits per heavy atom. The molecule has 1 amide bonds. The Kier molecular flexibility index (Phi) is 3.69. The molecule has 0 bridgehead atoms. The molecule has 0 saturated heterocycles. The lowest BCUT2D eigenvalue weighted by Gasteiger charge is -2.13. The van der Waals surface area contributed by atoms with Gasteiger partial charge >= 0.3 is 5.97 Å². The van der Waals surface area contributed by atoms with Gasteiger partial charge in [0.15, 0.2) is 5.65 Å². The van der Waals surface area contributed by atoms with E-state index >= 15 is 0 Å². The molecule has 2 heterocycles. The van der Waals surface area contributed by atoms with E-state index in [1.54, 1.807) is 24.4 Å². The minimum atomic E-state index is -1.05. The van der Waals surface area contributed by atoms with E-state index in [-0.39, 0.29) is 0 Å². The Bertz CT molecular complexity index is 678. The molecule has 0 radical (unpaired) electrons. The highest BCUT2D eigenvalue weighted by Crippen LogP contribution is 2.11. The van der Waals surface area contributed by atoms with Crippen molar-refractivity contribution >= 4 is 17.5 Å². The molecule has 2 rings (SSSR count). The molecular weight excluding hydrogens is 260 g/mol. The largest absolute Gasteiger partial charge is 0.480 e. The predicted octanol–water partition coefficient (Wildman–Crippen LogP) is 0.939. The van der Waals surface area contributed by atoms with Gasteiger partial charge < -0.3 is 10.4 Å². The Morgan fingerprint density at radius 1 is 1.45 bits per heavy atom. The number of amides is 1. The highest BCUT2D eigenvalue weighted by molar-refractivity contribution is 5.97. The lowest BCUT2D eigenvalue weighted by atomic mass is 10.2. The van der Waals surface area contributed by atoms with Gasteiger partial charge in [0.05, 0.1) is 17.0 Å². The molecule has 106 valence electrons. The van der Waals surface area contributed by atoms with Gasteiger partial charge in [0, 0.05) is 12.3 Å². The van der Waals surface area contributed by atoms with Crippen molar-refractivity contribution in [2.24, 2.45) is 0 Å². The maximum absolute atomic E-state index is 12.1. The summed E-state index contributed by atoms with van der Waals surface area (Å²) < 4.78 is 1.58. The zero-order valence-corrected chi connectivity index (χ0v) is 11.5. The highest BCUT2D eigenvalue weighted by atomic mass is 16.4. The molecule has 0 aliphatic carbocycles. The van der Waals surface area contributed by atoms with Gasteiger partial charge in [0.2, 0.25) is 0 Å². The molecule has 0 saturated carbocycles. The summed E-state index contributed by atoms with van der Waals surface area (Å²) in [5, 5.41) is 15.7. The van der Waals surface area contributed by atoms with Crippen molar-refractivity contribution in [3.63, 3.8) is 0 Å². The third-order valence-electron chi connectivity index (χ3n) is 3.10. The molecular formula is C13H16N4O3. The Labute approximate surface area is 115 Å². The van der Waals surface area contributed by atoms with Crippen molar-refractivity contribution in [2.45, 2.75) is 33.2 Å². The lowest BCUT2D eigenvalue weighted by molar-refractivity contribution is -0.139. The summed E-state index contributed by atoms with van der Waals surface area (Å²) in [5.74, 6) is -1.51. The fourth-order valence-electron chi connectivity index (χ4n) is 1.96. The van der Waals surface area contributed by atoms with E-state index < -0.39 is 17.9 Å². The number of aliphatic carboxylic acids is 1. The van der Waals surface area contributed by atoms with Crippen molar-refractivity contribution in [3.8, 4) is 0 Å². The topological polar surface area (TPSA) is 96.6 Å². The van der Waals surface area contributed by atoms with Crippen molar-refractivity contribution in [2.75, 3.05) is 0 Å². The summed E-state index contributed by atoms with van der Waals surface area (Å²) in [6.45, 7) is 5.29. The van der Waals surface area contributed by atoms with Crippen molar-refractivity contribution in [1.82, 2.24) is 19.9 Å². The summed E-state index contributed by atoms with van der Waals surface area (Å²) in [4.78, 5) is 27.2. The smallest absolute Gasteiger partial charge is 0.326 e. The number of carboxylic acid groups (broad SMARTS) is 1. The monoisotopic (exact) mass is 276 g/mol. The van der Waals surface area contributed by atoms with Gasteiger partial charge in [-0.1, -0.05) is 6.92 Å². The molecule has 7 heteroatoms. The molecule has 2 aromatic rings. The average molecular weight is 276 g/mol. The quantitative estimate of drug-likeness (QED) is 0.866. The van der Waals surface area contributed by atoms with Gasteiger partial charge in [-0.25, -0.2) is 14.3 Å². The second-order valence-electron chi connectivity index (χ2n) is 4.59. The summed E-state index contributed by atoms with van der Waals surface area (Å²) in [5.41, 5.74) is 2.40. The number of aryl methyl sites for hydroxylation is 2. The maximum Gasteiger partial charge on any atom is 0.326 e. The maximum atomic E-state index is 12.1. The van der Waals surface area contributed by atoms with Gasteiger partial charge in [0.25, 0.3) is 5.91 Å². The van der Waals surface area contributed by atoms with E-state index in [0.29, 0.717) is 23.3 Å². The molecule has 2 aromatic heterocycles. The standard InChI is InChI=1S/C13H16N4O3/c1-4-10(13(19)20)15-12(18)9-6-14-11-5-7(2)16-17(11)8(9)3/h5-6,10H,4H2,1-3H3,(H,15,18)(H,19,20). The molecule has 1 atom stereocenters. The summed E-state index contributed by atoms with van der Waals surface area (Å²) >= 11 is 0. The van der Waals surface area contributed by atoms with Crippen molar-refractivity contribution < 1.29 is 14.7 Å². The van der Waals surface area contributed by atoms with E-state index in [4.69, 9.17) is 5.11 Å². The predicted molar refractivity (Wildman–Crippen MR) is 71.6 cm³/mol. The van der Waals surface area contributed by atoms with Crippen LogP contribution >= 0.6 is 0 Å². The normalized spacial score (nSPS) is 12.3. The van der Waals surface area contributed by atoms with Gasteiger partial charge in [-0.3, -0.25) is 4.79 Å². The molecule has 20 heavy (non-hydrogen) atoms. The molecule has 0 spiro atoms. The van der Waals surface area contributed by atoms with E-state index in [2.05, 4.69) is 15.4 Å². The van der Waals surface area contributed by atoms with E-state index in [1.165, 1.54) is 6.20 Å². The van der Waals surface area contributed by atoms with Crippen LogP contribution in [0.1, 0.15) is 35.1 Å². The number of aromatic nitrogens is 3. The number of nitrogens with zero attached hydrogens (tertiary/aromatic N) is 3. The van der Waals surface area contributed by atoms with Crippen LogP contribution in [0.2, 0.25) is 0 Å². The van der Waals surface area contributed by atoms with E-state index in [0.717, 1.165) is 5.69 Å². The molecule has 7 nitrogen and oxygen atoms in total. The second kappa shape index (κ2) is 5.28. The molecule has 0 aliphatic rings. The zero-order valence-electron chi connectivity index (χ0n) is 11.5. The van der Waals surface area contributed by atoms with Crippen LogP contribution < -0.4 is 5.32 Å². The van der Waals surface area contributed by atoms with Crippen molar-refractivity contribution in [1.29, 1.82) is 0 Å². The molecule has 0 aliphatic heterocycles.